The van der Waals surface area contributed by atoms with Crippen LogP contribution in [0.2, 0.25) is 0 Å². The van der Waals surface area contributed by atoms with Crippen LogP contribution in [0.5, 0.6) is 0 Å². The van der Waals surface area contributed by atoms with Crippen molar-refractivity contribution in [3.63, 3.8) is 0 Å². The van der Waals surface area contributed by atoms with Gasteiger partial charge in [0.2, 0.25) is 5.96 Å². The molecule has 0 spiro atoms. The minimum absolute atomic E-state index is 0.0638. The summed E-state index contributed by atoms with van der Waals surface area (Å²) in [5.41, 5.74) is 9.13. The normalized spacial score (nSPS) is 12.9. The first-order valence-corrected chi connectivity index (χ1v) is 9.54. The van der Waals surface area contributed by atoms with Crippen LogP contribution in [0.1, 0.15) is 49.0 Å². The number of aliphatic imine (C=N–C) groups is 1. The third-order valence-electron chi connectivity index (χ3n) is 4.65. The van der Waals surface area contributed by atoms with E-state index in [1.165, 1.54) is 0 Å². The highest BCUT2D eigenvalue weighted by molar-refractivity contribution is 6.13. The number of nitrogens with one attached hydrogen (secondary N) is 1. The fourth-order valence-electron chi connectivity index (χ4n) is 3.52. The van der Waals surface area contributed by atoms with E-state index in [1.807, 2.05) is 42.5 Å². The molecule has 2 aromatic carbocycles. The topological polar surface area (TPSA) is 80.4 Å². The molecule has 1 heterocycles. The van der Waals surface area contributed by atoms with Crippen LogP contribution >= 0.6 is 0 Å². The maximum absolute atomic E-state index is 13.0. The van der Waals surface area contributed by atoms with Crippen molar-refractivity contribution in [3.05, 3.63) is 71.9 Å². The number of amides is 1. The highest BCUT2D eigenvalue weighted by Crippen LogP contribution is 2.31. The van der Waals surface area contributed by atoms with Gasteiger partial charge in [-0.2, -0.15) is 0 Å². The van der Waals surface area contributed by atoms with Crippen LogP contribution < -0.4 is 11.1 Å². The van der Waals surface area contributed by atoms with Crippen molar-refractivity contribution < 1.29 is 4.79 Å². The lowest BCUT2D eigenvalue weighted by molar-refractivity contribution is 0.0978. The van der Waals surface area contributed by atoms with Crippen LogP contribution in [-0.4, -0.2) is 16.9 Å². The molecule has 0 aliphatic rings. The van der Waals surface area contributed by atoms with Gasteiger partial charge in [0, 0.05) is 11.6 Å². The van der Waals surface area contributed by atoms with Gasteiger partial charge in [0.1, 0.15) is 0 Å². The third kappa shape index (κ3) is 4.55. The summed E-state index contributed by atoms with van der Waals surface area (Å²) in [6, 6.07) is 17.0. The second kappa shape index (κ2) is 8.65. The molecule has 3 rings (SSSR count). The Kier molecular flexibility index (Phi) is 6.04. The SMILES string of the molecule is CC(C)CC(C)c1cccc2nccc(C(=O)NC(N)=Nc3ccccc3)c12. The van der Waals surface area contributed by atoms with E-state index >= 15 is 0 Å². The van der Waals surface area contributed by atoms with E-state index in [-0.39, 0.29) is 11.9 Å². The maximum atomic E-state index is 13.0. The van der Waals surface area contributed by atoms with E-state index in [0.29, 0.717) is 23.1 Å². The molecule has 5 nitrogen and oxygen atoms in total. The molecule has 3 aromatic rings. The summed E-state index contributed by atoms with van der Waals surface area (Å²) in [5.74, 6) is 0.658. The molecular formula is C23H26N4O. The Labute approximate surface area is 165 Å². The highest BCUT2D eigenvalue weighted by atomic mass is 16.1. The molecule has 0 saturated carbocycles. The van der Waals surface area contributed by atoms with Gasteiger partial charge in [-0.25, -0.2) is 4.99 Å². The summed E-state index contributed by atoms with van der Waals surface area (Å²) in [5, 5.41) is 3.58. The smallest absolute Gasteiger partial charge is 0.258 e. The lowest BCUT2D eigenvalue weighted by atomic mass is 9.88. The van der Waals surface area contributed by atoms with Crippen molar-refractivity contribution in [2.75, 3.05) is 0 Å². The zero-order valence-electron chi connectivity index (χ0n) is 16.5. The monoisotopic (exact) mass is 374 g/mol. The number of hydrogen-bond acceptors (Lipinski definition) is 3. The zero-order valence-corrected chi connectivity index (χ0v) is 16.5. The summed E-state index contributed by atoms with van der Waals surface area (Å²) in [7, 11) is 0. The number of carbonyl (C=O) groups excluding carboxylic acids is 1. The minimum Gasteiger partial charge on any atom is -0.369 e. The number of fused-ring (bicyclic) bond motifs is 1. The number of benzene rings is 2. The Morgan fingerprint density at radius 2 is 1.82 bits per heavy atom. The fraction of sp³-hybridized carbons (Fsp3) is 0.261. The van der Waals surface area contributed by atoms with E-state index < -0.39 is 0 Å². The second-order valence-electron chi connectivity index (χ2n) is 7.42. The number of nitrogens with two attached hydrogens (primary N) is 1. The van der Waals surface area contributed by atoms with Gasteiger partial charge >= 0.3 is 0 Å². The number of pyridine rings is 1. The molecule has 3 N–H and O–H groups in total. The number of rotatable bonds is 5. The Balaban J connectivity index is 1.96. The molecule has 144 valence electrons. The van der Waals surface area contributed by atoms with Crippen molar-refractivity contribution in [2.24, 2.45) is 16.6 Å². The van der Waals surface area contributed by atoms with Crippen molar-refractivity contribution in [2.45, 2.75) is 33.1 Å². The highest BCUT2D eigenvalue weighted by Gasteiger charge is 2.18. The standard InChI is InChI=1S/C23H26N4O/c1-15(2)14-16(3)18-10-7-11-20-21(18)19(12-13-25-20)22(28)27-23(24)26-17-8-5-4-6-9-17/h4-13,15-16H,14H2,1-3H3,(H3,24,26,27,28). The van der Waals surface area contributed by atoms with E-state index in [2.05, 4.69) is 42.1 Å². The van der Waals surface area contributed by atoms with E-state index in [9.17, 15) is 4.79 Å². The molecule has 1 amide bonds. The molecule has 0 aliphatic heterocycles. The number of para-hydroxylation sites is 1. The summed E-state index contributed by atoms with van der Waals surface area (Å²) >= 11 is 0. The molecule has 1 atom stereocenters. The first kappa shape index (κ1) is 19.5. The van der Waals surface area contributed by atoms with Crippen molar-refractivity contribution in [1.82, 2.24) is 10.3 Å². The molecule has 0 aliphatic carbocycles. The van der Waals surface area contributed by atoms with Crippen LogP contribution in [0.15, 0.2) is 65.8 Å². The lowest BCUT2D eigenvalue weighted by Crippen LogP contribution is -2.36. The van der Waals surface area contributed by atoms with Crippen LogP contribution in [0.4, 0.5) is 5.69 Å². The number of carbonyl (C=O) groups is 1. The van der Waals surface area contributed by atoms with Crippen LogP contribution in [0.25, 0.3) is 10.9 Å². The van der Waals surface area contributed by atoms with Gasteiger partial charge in [-0.15, -0.1) is 0 Å². The molecule has 0 fully saturated rings. The van der Waals surface area contributed by atoms with Crippen LogP contribution in [0, 0.1) is 5.92 Å². The van der Waals surface area contributed by atoms with Gasteiger partial charge in [0.15, 0.2) is 0 Å². The number of hydrogen-bond donors (Lipinski definition) is 2. The lowest BCUT2D eigenvalue weighted by Gasteiger charge is -2.18. The summed E-state index contributed by atoms with van der Waals surface area (Å²) in [6.07, 6.45) is 2.69. The molecular weight excluding hydrogens is 348 g/mol. The van der Waals surface area contributed by atoms with E-state index in [0.717, 1.165) is 22.9 Å². The molecule has 28 heavy (non-hydrogen) atoms. The van der Waals surface area contributed by atoms with Gasteiger partial charge in [-0.3, -0.25) is 15.1 Å². The molecule has 0 saturated heterocycles. The van der Waals surface area contributed by atoms with Gasteiger partial charge in [0.25, 0.3) is 5.91 Å². The minimum atomic E-state index is -0.284. The second-order valence-corrected chi connectivity index (χ2v) is 7.42. The largest absolute Gasteiger partial charge is 0.369 e. The van der Waals surface area contributed by atoms with E-state index in [1.54, 1.807) is 12.3 Å². The van der Waals surface area contributed by atoms with Gasteiger partial charge in [-0.1, -0.05) is 51.1 Å². The van der Waals surface area contributed by atoms with Gasteiger partial charge in [-0.05, 0) is 48.1 Å². The van der Waals surface area contributed by atoms with Crippen molar-refractivity contribution in [1.29, 1.82) is 0 Å². The van der Waals surface area contributed by atoms with E-state index in [4.69, 9.17) is 5.73 Å². The number of guanidine groups is 1. The average Bonchev–Trinajstić information content (AvgIpc) is 2.67. The molecule has 5 heteroatoms. The average molecular weight is 374 g/mol. The first-order valence-electron chi connectivity index (χ1n) is 9.54. The van der Waals surface area contributed by atoms with Crippen molar-refractivity contribution >= 4 is 28.5 Å². The molecule has 1 aromatic heterocycles. The van der Waals surface area contributed by atoms with Gasteiger partial charge in [0.05, 0.1) is 16.8 Å². The van der Waals surface area contributed by atoms with Crippen molar-refractivity contribution in [3.8, 4) is 0 Å². The third-order valence-corrected chi connectivity index (χ3v) is 4.65. The Morgan fingerprint density at radius 3 is 2.54 bits per heavy atom. The maximum Gasteiger partial charge on any atom is 0.258 e. The molecule has 0 radical (unpaired) electrons. The fourth-order valence-corrected chi connectivity index (χ4v) is 3.52. The first-order chi connectivity index (χ1) is 13.5. The predicted molar refractivity (Wildman–Crippen MR) is 115 cm³/mol. The predicted octanol–water partition coefficient (Wildman–Crippen LogP) is 4.76. The molecule has 1 unspecified atom stereocenters. The number of nitrogens with zero attached hydrogens (tertiary/aromatic N) is 2. The van der Waals surface area contributed by atoms with Gasteiger partial charge < -0.3 is 5.73 Å². The summed E-state index contributed by atoms with van der Waals surface area (Å²) in [4.78, 5) is 21.7. The Bertz CT molecular complexity index is 991. The summed E-state index contributed by atoms with van der Waals surface area (Å²) < 4.78 is 0. The Morgan fingerprint density at radius 1 is 1.07 bits per heavy atom. The number of aromatic nitrogens is 1. The molecule has 0 bridgehead atoms. The zero-order chi connectivity index (χ0) is 20.1. The quantitative estimate of drug-likeness (QED) is 0.499. The van der Waals surface area contributed by atoms with Crippen LogP contribution in [-0.2, 0) is 0 Å². The van der Waals surface area contributed by atoms with Crippen LogP contribution in [0.3, 0.4) is 0 Å². The summed E-state index contributed by atoms with van der Waals surface area (Å²) in [6.45, 7) is 6.59. The Hall–Kier alpha value is -3.21.